The van der Waals surface area contributed by atoms with Gasteiger partial charge in [-0.2, -0.15) is 0 Å². The molecule has 7 nitrogen and oxygen atoms in total. The van der Waals surface area contributed by atoms with Crippen LogP contribution in [0.2, 0.25) is 0 Å². The molecule has 0 aromatic heterocycles. The summed E-state index contributed by atoms with van der Waals surface area (Å²) in [6.07, 6.45) is 2.91. The molecule has 1 aromatic rings. The number of hydroxylamine groups is 2. The van der Waals surface area contributed by atoms with E-state index in [2.05, 4.69) is 11.8 Å². The normalized spacial score (nSPS) is 15.5. The number of hydrogen-bond acceptors (Lipinski definition) is 5. The molecule has 0 radical (unpaired) electrons. The number of anilines is 1. The minimum atomic E-state index is -0.349. The second-order valence-electron chi connectivity index (χ2n) is 6.58. The highest BCUT2D eigenvalue weighted by Crippen LogP contribution is 2.21. The van der Waals surface area contributed by atoms with E-state index < -0.39 is 0 Å². The average molecular weight is 363 g/mol. The number of rotatable bonds is 9. The predicted octanol–water partition coefficient (Wildman–Crippen LogP) is 2.00. The summed E-state index contributed by atoms with van der Waals surface area (Å²) in [5.74, 6) is 0.497. The van der Waals surface area contributed by atoms with Crippen LogP contribution >= 0.6 is 0 Å². The first-order chi connectivity index (χ1) is 12.6. The fourth-order valence-corrected chi connectivity index (χ4v) is 3.25. The third-order valence-corrected chi connectivity index (χ3v) is 4.81. The maximum atomic E-state index is 12.8. The lowest BCUT2D eigenvalue weighted by Gasteiger charge is -2.38. The van der Waals surface area contributed by atoms with Crippen LogP contribution in [0.3, 0.4) is 0 Å². The van der Waals surface area contributed by atoms with Crippen LogP contribution < -0.4 is 9.64 Å². The van der Waals surface area contributed by atoms with Gasteiger partial charge in [0.2, 0.25) is 12.3 Å². The van der Waals surface area contributed by atoms with E-state index in [1.807, 2.05) is 29.2 Å². The van der Waals surface area contributed by atoms with Crippen molar-refractivity contribution in [3.05, 3.63) is 24.3 Å². The molecule has 0 aliphatic carbocycles. The van der Waals surface area contributed by atoms with E-state index in [0.29, 0.717) is 31.0 Å². The second-order valence-corrected chi connectivity index (χ2v) is 6.58. The number of methoxy groups -OCH3 is 1. The molecule has 1 atom stereocenters. The average Bonchev–Trinajstić information content (AvgIpc) is 2.70. The molecule has 0 saturated carbocycles. The van der Waals surface area contributed by atoms with Gasteiger partial charge in [-0.05, 0) is 30.7 Å². The summed E-state index contributed by atoms with van der Waals surface area (Å²) in [5.41, 5.74) is 1.11. The van der Waals surface area contributed by atoms with Gasteiger partial charge in [0.15, 0.2) is 0 Å². The Morgan fingerprint density at radius 1 is 1.27 bits per heavy atom. The van der Waals surface area contributed by atoms with E-state index in [1.165, 1.54) is 0 Å². The van der Waals surface area contributed by atoms with Crippen LogP contribution in [0.15, 0.2) is 24.3 Å². The van der Waals surface area contributed by atoms with Crippen LogP contribution in [0.25, 0.3) is 0 Å². The third-order valence-electron chi connectivity index (χ3n) is 4.81. The van der Waals surface area contributed by atoms with Crippen LogP contribution in [0.5, 0.6) is 5.75 Å². The quantitative estimate of drug-likeness (QED) is 0.413. The van der Waals surface area contributed by atoms with Gasteiger partial charge in [0.05, 0.1) is 19.6 Å². The Kier molecular flexibility index (Phi) is 7.72. The van der Waals surface area contributed by atoms with E-state index >= 15 is 0 Å². The molecule has 1 saturated heterocycles. The highest BCUT2D eigenvalue weighted by molar-refractivity contribution is 5.79. The smallest absolute Gasteiger partial charge is 0.233 e. The first-order valence-electron chi connectivity index (χ1n) is 9.17. The molecule has 144 valence electrons. The van der Waals surface area contributed by atoms with Gasteiger partial charge in [0, 0.05) is 31.9 Å². The molecule has 1 N–H and O–H groups in total. The van der Waals surface area contributed by atoms with Crippen LogP contribution in [-0.4, -0.2) is 67.3 Å². The Morgan fingerprint density at radius 3 is 2.46 bits per heavy atom. The van der Waals surface area contributed by atoms with Crippen molar-refractivity contribution in [1.82, 2.24) is 9.96 Å². The number of carbonyl (C=O) groups excluding carboxylic acids is 2. The molecule has 0 spiro atoms. The third kappa shape index (κ3) is 5.36. The van der Waals surface area contributed by atoms with Gasteiger partial charge in [-0.3, -0.25) is 14.8 Å². The first-order valence-corrected chi connectivity index (χ1v) is 9.17. The molecule has 1 aliphatic rings. The lowest BCUT2D eigenvalue weighted by atomic mass is 10.00. The number of benzene rings is 1. The monoisotopic (exact) mass is 363 g/mol. The van der Waals surface area contributed by atoms with E-state index in [4.69, 9.17) is 4.74 Å². The molecule has 1 aliphatic heterocycles. The van der Waals surface area contributed by atoms with Gasteiger partial charge in [0.1, 0.15) is 5.75 Å². The molecule has 2 amide bonds. The van der Waals surface area contributed by atoms with Gasteiger partial charge in [0.25, 0.3) is 0 Å². The van der Waals surface area contributed by atoms with Crippen molar-refractivity contribution >= 4 is 18.0 Å². The summed E-state index contributed by atoms with van der Waals surface area (Å²) < 4.78 is 5.18. The van der Waals surface area contributed by atoms with Gasteiger partial charge in [-0.15, -0.1) is 0 Å². The van der Waals surface area contributed by atoms with Gasteiger partial charge in [-0.1, -0.05) is 19.8 Å². The molecule has 1 aromatic carbocycles. The summed E-state index contributed by atoms with van der Waals surface area (Å²) in [6.45, 7) is 4.91. The maximum absolute atomic E-state index is 12.8. The van der Waals surface area contributed by atoms with Gasteiger partial charge >= 0.3 is 0 Å². The minimum absolute atomic E-state index is 0.0220. The fourth-order valence-electron chi connectivity index (χ4n) is 3.25. The molecule has 1 heterocycles. The highest BCUT2D eigenvalue weighted by atomic mass is 16.5. The van der Waals surface area contributed by atoms with E-state index in [-0.39, 0.29) is 18.4 Å². The highest BCUT2D eigenvalue weighted by Gasteiger charge is 2.28. The molecule has 2 rings (SSSR count). The summed E-state index contributed by atoms with van der Waals surface area (Å²) in [5, 5.41) is 10.1. The Morgan fingerprint density at radius 2 is 1.92 bits per heavy atom. The zero-order chi connectivity index (χ0) is 18.9. The van der Waals surface area contributed by atoms with E-state index in [9.17, 15) is 14.8 Å². The molecule has 1 unspecified atom stereocenters. The zero-order valence-electron chi connectivity index (χ0n) is 15.6. The van der Waals surface area contributed by atoms with Crippen molar-refractivity contribution < 1.29 is 19.5 Å². The van der Waals surface area contributed by atoms with Crippen LogP contribution in [0, 0.1) is 5.92 Å². The van der Waals surface area contributed by atoms with E-state index in [1.54, 1.807) is 7.11 Å². The van der Waals surface area contributed by atoms with E-state index in [0.717, 1.165) is 37.4 Å². The molecular formula is C19H29N3O4. The summed E-state index contributed by atoms with van der Waals surface area (Å²) in [7, 11) is 1.65. The molecule has 1 fully saturated rings. The van der Waals surface area contributed by atoms with Crippen molar-refractivity contribution in [2.45, 2.75) is 26.2 Å². The Hall–Kier alpha value is -2.28. The predicted molar refractivity (Wildman–Crippen MR) is 99.4 cm³/mol. The summed E-state index contributed by atoms with van der Waals surface area (Å²) in [4.78, 5) is 27.6. The van der Waals surface area contributed by atoms with Crippen LogP contribution in [-0.2, 0) is 9.59 Å². The minimum Gasteiger partial charge on any atom is -0.497 e. The van der Waals surface area contributed by atoms with Crippen LogP contribution in [0.1, 0.15) is 26.2 Å². The van der Waals surface area contributed by atoms with Crippen molar-refractivity contribution in [2.75, 3.05) is 44.7 Å². The number of amides is 2. The first kappa shape index (κ1) is 20.0. The Labute approximate surface area is 155 Å². The topological polar surface area (TPSA) is 73.3 Å². The number of nitrogens with zero attached hydrogens (tertiary/aromatic N) is 3. The Bertz CT molecular complexity index is 571. The molecule has 0 bridgehead atoms. The van der Waals surface area contributed by atoms with Crippen molar-refractivity contribution in [3.8, 4) is 5.75 Å². The van der Waals surface area contributed by atoms with Crippen molar-refractivity contribution in [3.63, 3.8) is 0 Å². The number of ether oxygens (including phenoxy) is 1. The maximum Gasteiger partial charge on any atom is 0.233 e. The standard InChI is InChI=1S/C19H29N3O4/c1-3-4-5-16(14-22(25)15-23)19(24)21-12-10-20(11-13-21)17-6-8-18(26-2)9-7-17/h6-9,15-16,25H,3-5,10-14H2,1-2H3. The van der Waals surface area contributed by atoms with Crippen molar-refractivity contribution in [2.24, 2.45) is 5.92 Å². The number of piperazine rings is 1. The number of hydrogen-bond donors (Lipinski definition) is 1. The second kappa shape index (κ2) is 10.0. The fraction of sp³-hybridized carbons (Fsp3) is 0.579. The lowest BCUT2D eigenvalue weighted by Crippen LogP contribution is -2.51. The molecule has 7 heteroatoms. The largest absolute Gasteiger partial charge is 0.497 e. The number of unbranched alkanes of at least 4 members (excludes halogenated alkanes) is 1. The van der Waals surface area contributed by atoms with Crippen LogP contribution in [0.4, 0.5) is 5.69 Å². The van der Waals surface area contributed by atoms with Crippen molar-refractivity contribution in [1.29, 1.82) is 0 Å². The molecular weight excluding hydrogens is 334 g/mol. The Balaban J connectivity index is 1.92. The number of carbonyl (C=O) groups is 2. The summed E-state index contributed by atoms with van der Waals surface area (Å²) >= 11 is 0. The zero-order valence-corrected chi connectivity index (χ0v) is 15.6. The SMILES string of the molecule is CCCCC(CN(O)C=O)C(=O)N1CCN(c2ccc(OC)cc2)CC1. The summed E-state index contributed by atoms with van der Waals surface area (Å²) in [6, 6.07) is 7.91. The van der Waals surface area contributed by atoms with Gasteiger partial charge < -0.3 is 14.5 Å². The lowest BCUT2D eigenvalue weighted by molar-refractivity contribution is -0.157. The van der Waals surface area contributed by atoms with Gasteiger partial charge in [-0.25, -0.2) is 5.06 Å². The molecule has 26 heavy (non-hydrogen) atoms.